The first kappa shape index (κ1) is 24.4. The van der Waals surface area contributed by atoms with Crippen molar-refractivity contribution in [2.75, 3.05) is 0 Å². The summed E-state index contributed by atoms with van der Waals surface area (Å²) in [5.41, 5.74) is 9.78. The average Bonchev–Trinajstić information content (AvgIpc) is 3.54. The summed E-state index contributed by atoms with van der Waals surface area (Å²) < 4.78 is 11.2. The lowest BCUT2D eigenvalue weighted by atomic mass is 9.93. The summed E-state index contributed by atoms with van der Waals surface area (Å²) in [5.74, 6) is 0. The molecule has 5 rings (SSSR count). The lowest BCUT2D eigenvalue weighted by Gasteiger charge is -2.17. The van der Waals surface area contributed by atoms with E-state index in [0.717, 1.165) is 0 Å². The molecular weight excluding hydrogens is 473 g/mol. The van der Waals surface area contributed by atoms with Gasteiger partial charge in [-0.1, -0.05) is 112 Å². The number of rotatable bonds is 6. The minimum atomic E-state index is -1.48. The quantitative estimate of drug-likeness (QED) is 0.215. The zero-order valence-corrected chi connectivity index (χ0v) is 24.1. The van der Waals surface area contributed by atoms with Crippen LogP contribution in [0, 0.1) is 0 Å². The minimum Gasteiger partial charge on any atom is -0.472 e. The summed E-state index contributed by atoms with van der Waals surface area (Å²) in [6.45, 7) is 14.1. The molecule has 0 bridgehead atoms. The van der Waals surface area contributed by atoms with Crippen molar-refractivity contribution in [3.05, 3.63) is 97.8 Å². The third-order valence-electron chi connectivity index (χ3n) is 6.88. The Morgan fingerprint density at radius 3 is 1.00 bits per heavy atom. The molecule has 0 unspecified atom stereocenters. The summed E-state index contributed by atoms with van der Waals surface area (Å²) in [5, 5.41) is 2.73. The molecule has 5 aromatic rings. The molecule has 0 saturated heterocycles. The third kappa shape index (κ3) is 4.71. The maximum Gasteiger partial charge on any atom is 0.0979 e. The molecule has 182 valence electrons. The van der Waals surface area contributed by atoms with Gasteiger partial charge in [0.2, 0.25) is 0 Å². The molecule has 2 nitrogen and oxygen atoms in total. The third-order valence-corrected chi connectivity index (χ3v) is 10.9. The Morgan fingerprint density at radius 1 is 0.389 bits per heavy atom. The Labute approximate surface area is 216 Å². The SMILES string of the molecule is C[Si](C)(C)c1cocc1-c1ccc(-c2ccccc2-c2ccc(-c3cocc3[Si](C)(C)C)cc2)cc1. The molecule has 2 aromatic heterocycles. The predicted molar refractivity (Wildman–Crippen MR) is 159 cm³/mol. The minimum absolute atomic E-state index is 1.21. The molecule has 0 N–H and O–H groups in total. The lowest BCUT2D eigenvalue weighted by molar-refractivity contribution is 0.569. The molecule has 0 amide bonds. The van der Waals surface area contributed by atoms with E-state index in [4.69, 9.17) is 8.83 Å². The normalized spacial score (nSPS) is 12.2. The molecule has 0 radical (unpaired) electrons. The van der Waals surface area contributed by atoms with Gasteiger partial charge in [-0.15, -0.1) is 0 Å². The highest BCUT2D eigenvalue weighted by Crippen LogP contribution is 2.34. The van der Waals surface area contributed by atoms with Gasteiger partial charge in [-0.25, -0.2) is 0 Å². The van der Waals surface area contributed by atoms with Crippen molar-refractivity contribution in [2.45, 2.75) is 39.3 Å². The molecule has 4 heteroatoms. The topological polar surface area (TPSA) is 26.3 Å². The first-order valence-corrected chi connectivity index (χ1v) is 19.6. The number of hydrogen-bond acceptors (Lipinski definition) is 2. The van der Waals surface area contributed by atoms with E-state index < -0.39 is 16.1 Å². The van der Waals surface area contributed by atoms with Gasteiger partial charge in [0.05, 0.1) is 41.2 Å². The molecule has 0 atom stereocenters. The lowest BCUT2D eigenvalue weighted by Crippen LogP contribution is -2.37. The molecule has 36 heavy (non-hydrogen) atoms. The van der Waals surface area contributed by atoms with Gasteiger partial charge in [-0.3, -0.25) is 0 Å². The molecule has 3 aromatic carbocycles. The van der Waals surface area contributed by atoms with Gasteiger partial charge in [0.15, 0.2) is 0 Å². The zero-order valence-electron chi connectivity index (χ0n) is 22.1. The van der Waals surface area contributed by atoms with Crippen LogP contribution in [0.25, 0.3) is 44.5 Å². The standard InChI is InChI=1S/C32H34O2Si2/c1-35(2,3)31-21-33-19-29(31)25-15-11-23(12-16-25)27-9-7-8-10-28(27)24-13-17-26(18-14-24)30-20-34-22-32(30)36(4,5)6/h7-22H,1-6H3. The van der Waals surface area contributed by atoms with Crippen LogP contribution in [0.4, 0.5) is 0 Å². The monoisotopic (exact) mass is 506 g/mol. The largest absolute Gasteiger partial charge is 0.472 e. The van der Waals surface area contributed by atoms with Crippen molar-refractivity contribution in [3.8, 4) is 44.5 Å². The number of furan rings is 2. The highest BCUT2D eigenvalue weighted by atomic mass is 28.3. The fourth-order valence-corrected chi connectivity index (χ4v) is 7.71. The highest BCUT2D eigenvalue weighted by molar-refractivity contribution is 6.90. The van der Waals surface area contributed by atoms with E-state index in [0.29, 0.717) is 0 Å². The number of hydrogen-bond donors (Lipinski definition) is 0. The van der Waals surface area contributed by atoms with Crippen LogP contribution in [-0.2, 0) is 0 Å². The van der Waals surface area contributed by atoms with Crippen LogP contribution in [0.3, 0.4) is 0 Å². The van der Waals surface area contributed by atoms with Crippen molar-refractivity contribution in [1.29, 1.82) is 0 Å². The fraction of sp³-hybridized carbons (Fsp3) is 0.188. The molecule has 0 fully saturated rings. The van der Waals surface area contributed by atoms with E-state index in [2.05, 4.69) is 112 Å². The Bertz CT molecular complexity index is 1360. The van der Waals surface area contributed by atoms with Crippen LogP contribution >= 0.6 is 0 Å². The Kier molecular flexibility index (Phi) is 6.27. The van der Waals surface area contributed by atoms with E-state index in [1.165, 1.54) is 54.9 Å². The van der Waals surface area contributed by atoms with Gasteiger partial charge in [0, 0.05) is 11.1 Å². The van der Waals surface area contributed by atoms with Gasteiger partial charge in [-0.05, 0) is 43.8 Å². The van der Waals surface area contributed by atoms with Gasteiger partial charge in [0.1, 0.15) is 0 Å². The molecule has 2 heterocycles. The fourth-order valence-electron chi connectivity index (χ4n) is 4.85. The summed E-state index contributed by atoms with van der Waals surface area (Å²) in [7, 11) is -2.95. The first-order chi connectivity index (χ1) is 17.1. The second-order valence-electron chi connectivity index (χ2n) is 11.6. The average molecular weight is 507 g/mol. The van der Waals surface area contributed by atoms with Crippen molar-refractivity contribution >= 4 is 26.5 Å². The van der Waals surface area contributed by atoms with E-state index >= 15 is 0 Å². The van der Waals surface area contributed by atoms with Crippen LogP contribution in [0.2, 0.25) is 39.3 Å². The molecule has 0 aliphatic heterocycles. The molecule has 0 aliphatic carbocycles. The smallest absolute Gasteiger partial charge is 0.0979 e. The summed E-state index contributed by atoms with van der Waals surface area (Å²) >= 11 is 0. The van der Waals surface area contributed by atoms with Crippen LogP contribution < -0.4 is 10.4 Å². The van der Waals surface area contributed by atoms with E-state index in [9.17, 15) is 0 Å². The maximum absolute atomic E-state index is 5.61. The Morgan fingerprint density at radius 2 is 0.694 bits per heavy atom. The van der Waals surface area contributed by atoms with Crippen LogP contribution in [-0.4, -0.2) is 16.1 Å². The Hall–Kier alpha value is -3.35. The van der Waals surface area contributed by atoms with Crippen LogP contribution in [0.1, 0.15) is 0 Å². The summed E-state index contributed by atoms with van der Waals surface area (Å²) in [6, 6.07) is 26.5. The molecule has 0 aliphatic rings. The van der Waals surface area contributed by atoms with Crippen molar-refractivity contribution in [1.82, 2.24) is 0 Å². The number of benzene rings is 3. The first-order valence-electron chi connectivity index (χ1n) is 12.6. The van der Waals surface area contributed by atoms with Gasteiger partial charge < -0.3 is 8.83 Å². The summed E-state index contributed by atoms with van der Waals surface area (Å²) in [4.78, 5) is 0. The zero-order chi connectivity index (χ0) is 25.5. The van der Waals surface area contributed by atoms with Crippen molar-refractivity contribution < 1.29 is 8.83 Å². The van der Waals surface area contributed by atoms with Crippen LogP contribution in [0.15, 0.2) is 107 Å². The van der Waals surface area contributed by atoms with Gasteiger partial charge in [-0.2, -0.15) is 0 Å². The van der Waals surface area contributed by atoms with E-state index in [-0.39, 0.29) is 0 Å². The van der Waals surface area contributed by atoms with E-state index in [1.54, 1.807) is 0 Å². The Balaban J connectivity index is 1.47. The second kappa shape index (κ2) is 9.27. The highest BCUT2D eigenvalue weighted by Gasteiger charge is 2.24. The van der Waals surface area contributed by atoms with Crippen molar-refractivity contribution in [2.24, 2.45) is 0 Å². The molecule has 0 spiro atoms. The van der Waals surface area contributed by atoms with Crippen LogP contribution in [0.5, 0.6) is 0 Å². The molecule has 0 saturated carbocycles. The maximum atomic E-state index is 5.61. The van der Waals surface area contributed by atoms with Gasteiger partial charge in [0.25, 0.3) is 0 Å². The summed E-state index contributed by atoms with van der Waals surface area (Å²) in [6.07, 6.45) is 7.66. The van der Waals surface area contributed by atoms with Gasteiger partial charge >= 0.3 is 0 Å². The van der Waals surface area contributed by atoms with Crippen molar-refractivity contribution in [3.63, 3.8) is 0 Å². The predicted octanol–water partition coefficient (Wildman–Crippen LogP) is 8.63. The second-order valence-corrected chi connectivity index (χ2v) is 21.7. The van der Waals surface area contributed by atoms with E-state index in [1.807, 2.05) is 25.1 Å². The molecular formula is C32H34O2Si2.